The highest BCUT2D eigenvalue weighted by atomic mass is 16.1. The van der Waals surface area contributed by atoms with E-state index in [-0.39, 0.29) is 11.1 Å². The molecule has 0 fully saturated rings. The molecule has 1 N–H and O–H groups in total. The fourth-order valence-corrected chi connectivity index (χ4v) is 2.19. The van der Waals surface area contributed by atoms with Crippen LogP contribution in [-0.2, 0) is 18.4 Å². The van der Waals surface area contributed by atoms with Crippen molar-refractivity contribution in [3.8, 4) is 0 Å². The van der Waals surface area contributed by atoms with E-state index in [1.54, 1.807) is 0 Å². The van der Waals surface area contributed by atoms with Gasteiger partial charge in [-0.3, -0.25) is 14.6 Å². The number of hydrogen-bond donors (Lipinski definition) is 1. The third-order valence-electron chi connectivity index (χ3n) is 2.87. The molecule has 0 spiro atoms. The second-order valence-electron chi connectivity index (χ2n) is 5.08. The van der Waals surface area contributed by atoms with Crippen LogP contribution in [-0.4, -0.2) is 9.78 Å². The minimum absolute atomic E-state index is 0.00984. The Morgan fingerprint density at radius 2 is 1.86 bits per heavy atom. The third-order valence-corrected chi connectivity index (χ3v) is 2.87. The Labute approximate surface area is 84.1 Å². The molecular weight excluding hydrogens is 176 g/mol. The Hall–Kier alpha value is -0.990. The van der Waals surface area contributed by atoms with Gasteiger partial charge in [0.05, 0.1) is 5.54 Å². The van der Waals surface area contributed by atoms with Crippen LogP contribution < -0.4 is 5.56 Å². The number of H-pyrrole nitrogens is 1. The van der Waals surface area contributed by atoms with Crippen molar-refractivity contribution >= 4 is 0 Å². The van der Waals surface area contributed by atoms with E-state index < -0.39 is 0 Å². The van der Waals surface area contributed by atoms with Crippen LogP contribution in [0.1, 0.15) is 44.9 Å². The van der Waals surface area contributed by atoms with Gasteiger partial charge in [0.15, 0.2) is 0 Å². The Balaban J connectivity index is 2.58. The summed E-state index contributed by atoms with van der Waals surface area (Å²) in [6, 6.07) is 0. The Morgan fingerprint density at radius 1 is 1.21 bits per heavy atom. The molecular formula is C11H18N2O. The summed E-state index contributed by atoms with van der Waals surface area (Å²) in [5, 5.41) is 2.96. The van der Waals surface area contributed by atoms with Crippen LogP contribution in [0, 0.1) is 0 Å². The molecule has 0 aliphatic heterocycles. The van der Waals surface area contributed by atoms with Gasteiger partial charge in [0.1, 0.15) is 0 Å². The maximum Gasteiger partial charge on any atom is 0.267 e. The van der Waals surface area contributed by atoms with E-state index in [0.717, 1.165) is 24.8 Å². The lowest BCUT2D eigenvalue weighted by molar-refractivity contribution is 0.338. The van der Waals surface area contributed by atoms with Crippen molar-refractivity contribution in [2.24, 2.45) is 0 Å². The fourth-order valence-electron chi connectivity index (χ4n) is 2.19. The van der Waals surface area contributed by atoms with Crippen molar-refractivity contribution in [3.63, 3.8) is 0 Å². The van der Waals surface area contributed by atoms with Crippen LogP contribution in [0.5, 0.6) is 0 Å². The van der Waals surface area contributed by atoms with Crippen molar-refractivity contribution < 1.29 is 0 Å². The van der Waals surface area contributed by atoms with E-state index >= 15 is 0 Å². The van der Waals surface area contributed by atoms with Crippen molar-refractivity contribution in [1.29, 1.82) is 0 Å². The van der Waals surface area contributed by atoms with Crippen LogP contribution in [0.25, 0.3) is 0 Å². The summed E-state index contributed by atoms with van der Waals surface area (Å²) in [5.41, 5.74) is 2.36. The monoisotopic (exact) mass is 194 g/mol. The second kappa shape index (κ2) is 3.01. The molecule has 1 aromatic heterocycles. The average molecular weight is 194 g/mol. The largest absolute Gasteiger partial charge is 0.284 e. The molecule has 0 bridgehead atoms. The first-order valence-corrected chi connectivity index (χ1v) is 5.33. The van der Waals surface area contributed by atoms with Crippen molar-refractivity contribution in [2.75, 3.05) is 0 Å². The zero-order valence-corrected chi connectivity index (χ0v) is 9.18. The van der Waals surface area contributed by atoms with E-state index in [4.69, 9.17) is 0 Å². The normalized spacial score (nSPS) is 16.8. The second-order valence-corrected chi connectivity index (χ2v) is 5.08. The highest BCUT2D eigenvalue weighted by Gasteiger charge is 2.24. The zero-order chi connectivity index (χ0) is 10.3. The van der Waals surface area contributed by atoms with E-state index in [1.165, 1.54) is 12.1 Å². The predicted octanol–water partition coefficient (Wildman–Crippen LogP) is 1.81. The van der Waals surface area contributed by atoms with E-state index in [0.29, 0.717) is 0 Å². The molecule has 3 heteroatoms. The van der Waals surface area contributed by atoms with Gasteiger partial charge in [-0.1, -0.05) is 0 Å². The van der Waals surface area contributed by atoms with Gasteiger partial charge in [-0.15, -0.1) is 0 Å². The summed E-state index contributed by atoms with van der Waals surface area (Å²) in [4.78, 5) is 11.7. The Kier molecular flexibility index (Phi) is 2.05. The van der Waals surface area contributed by atoms with Gasteiger partial charge in [0.2, 0.25) is 0 Å². The third kappa shape index (κ3) is 1.41. The molecule has 1 aromatic rings. The first-order valence-electron chi connectivity index (χ1n) is 5.33. The maximum atomic E-state index is 11.7. The number of nitrogens with one attached hydrogen (secondary N) is 1. The molecule has 1 aliphatic rings. The summed E-state index contributed by atoms with van der Waals surface area (Å²) < 4.78 is 2.05. The van der Waals surface area contributed by atoms with E-state index in [1.807, 2.05) is 4.68 Å². The van der Waals surface area contributed by atoms with E-state index in [2.05, 4.69) is 25.9 Å². The van der Waals surface area contributed by atoms with Crippen LogP contribution in [0.3, 0.4) is 0 Å². The molecule has 0 saturated heterocycles. The van der Waals surface area contributed by atoms with Crippen LogP contribution in [0.2, 0.25) is 0 Å². The average Bonchev–Trinajstić information content (AvgIpc) is 2.44. The summed E-state index contributed by atoms with van der Waals surface area (Å²) in [7, 11) is 0. The number of nitrogens with zero attached hydrogens (tertiary/aromatic N) is 1. The quantitative estimate of drug-likeness (QED) is 0.672. The SMILES string of the molecule is CC(C)(C)n1[nH]c(=O)c2c1CCCC2. The Bertz CT molecular complexity index is 392. The minimum Gasteiger partial charge on any atom is -0.284 e. The van der Waals surface area contributed by atoms with E-state index in [9.17, 15) is 4.79 Å². The lowest BCUT2D eigenvalue weighted by Gasteiger charge is -2.25. The highest BCUT2D eigenvalue weighted by Crippen LogP contribution is 2.23. The molecule has 0 atom stereocenters. The first kappa shape index (κ1) is 9.56. The van der Waals surface area contributed by atoms with Crippen molar-refractivity contribution in [2.45, 2.75) is 52.0 Å². The highest BCUT2D eigenvalue weighted by molar-refractivity contribution is 5.21. The zero-order valence-electron chi connectivity index (χ0n) is 9.18. The summed E-state index contributed by atoms with van der Waals surface area (Å²) in [5.74, 6) is 0. The van der Waals surface area contributed by atoms with Crippen molar-refractivity contribution in [1.82, 2.24) is 9.78 Å². The molecule has 0 radical (unpaired) electrons. The van der Waals surface area contributed by atoms with Gasteiger partial charge in [-0.25, -0.2) is 0 Å². The number of aromatic nitrogens is 2. The van der Waals surface area contributed by atoms with Crippen molar-refractivity contribution in [3.05, 3.63) is 21.6 Å². The lowest BCUT2D eigenvalue weighted by Crippen LogP contribution is -2.26. The summed E-state index contributed by atoms with van der Waals surface area (Å²) in [6.07, 6.45) is 4.36. The van der Waals surface area contributed by atoms with Gasteiger partial charge in [0, 0.05) is 11.3 Å². The molecule has 3 nitrogen and oxygen atoms in total. The fraction of sp³-hybridized carbons (Fsp3) is 0.727. The predicted molar refractivity (Wildman–Crippen MR) is 56.7 cm³/mol. The van der Waals surface area contributed by atoms with Gasteiger partial charge < -0.3 is 0 Å². The maximum absolute atomic E-state index is 11.7. The topological polar surface area (TPSA) is 37.8 Å². The first-order chi connectivity index (χ1) is 6.50. The molecule has 78 valence electrons. The number of rotatable bonds is 0. The Morgan fingerprint density at radius 3 is 2.50 bits per heavy atom. The van der Waals surface area contributed by atoms with Gasteiger partial charge in [-0.2, -0.15) is 0 Å². The minimum atomic E-state index is -0.00984. The number of aromatic amines is 1. The van der Waals surface area contributed by atoms with Crippen LogP contribution in [0.4, 0.5) is 0 Å². The smallest absolute Gasteiger partial charge is 0.267 e. The molecule has 0 aromatic carbocycles. The summed E-state index contributed by atoms with van der Waals surface area (Å²) in [6.45, 7) is 6.37. The lowest BCUT2D eigenvalue weighted by atomic mass is 9.97. The number of fused-ring (bicyclic) bond motifs is 1. The molecule has 0 unspecified atom stereocenters. The molecule has 0 saturated carbocycles. The van der Waals surface area contributed by atoms with Crippen LogP contribution >= 0.6 is 0 Å². The molecule has 0 amide bonds. The molecule has 1 aliphatic carbocycles. The van der Waals surface area contributed by atoms with Gasteiger partial charge in [0.25, 0.3) is 5.56 Å². The van der Waals surface area contributed by atoms with Gasteiger partial charge >= 0.3 is 0 Å². The standard InChI is InChI=1S/C11H18N2O/c1-11(2,3)13-9-7-5-4-6-8(9)10(14)12-13/h4-7H2,1-3H3,(H,12,14). The number of hydrogen-bond acceptors (Lipinski definition) is 1. The molecule has 2 rings (SSSR count). The summed E-state index contributed by atoms with van der Waals surface area (Å²) >= 11 is 0. The van der Waals surface area contributed by atoms with Crippen LogP contribution in [0.15, 0.2) is 4.79 Å². The molecule has 1 heterocycles. The molecule has 14 heavy (non-hydrogen) atoms. The van der Waals surface area contributed by atoms with Gasteiger partial charge in [-0.05, 0) is 46.5 Å².